The first kappa shape index (κ1) is 20.3. The van der Waals surface area contributed by atoms with E-state index < -0.39 is 0 Å². The fourth-order valence-corrected chi connectivity index (χ4v) is 6.46. The van der Waals surface area contributed by atoms with E-state index >= 15 is 0 Å². The van der Waals surface area contributed by atoms with Crippen LogP contribution in [0.5, 0.6) is 0 Å². The van der Waals surface area contributed by atoms with E-state index in [1.165, 1.54) is 22.2 Å². The molecule has 0 fully saturated rings. The zero-order valence-electron chi connectivity index (χ0n) is 17.8. The molecule has 4 aromatic heterocycles. The number of carbonyl (C=O) groups is 1. The van der Waals surface area contributed by atoms with Crippen LogP contribution in [0, 0.1) is 20.8 Å². The number of nitrogens with zero attached hydrogens (tertiary/aromatic N) is 4. The van der Waals surface area contributed by atoms with E-state index in [0.717, 1.165) is 40.9 Å². The molecular formula is C22H22N4O3S2. The molecule has 0 aromatic carbocycles. The van der Waals surface area contributed by atoms with Gasteiger partial charge in [0, 0.05) is 34.9 Å². The number of hydrogen-bond donors (Lipinski definition) is 0. The van der Waals surface area contributed by atoms with E-state index in [1.807, 2.05) is 37.5 Å². The van der Waals surface area contributed by atoms with Gasteiger partial charge in [-0.2, -0.15) is 0 Å². The number of rotatable bonds is 5. The Bertz CT molecular complexity index is 1410. The molecule has 0 N–H and O–H groups in total. The highest BCUT2D eigenvalue weighted by Crippen LogP contribution is 2.35. The van der Waals surface area contributed by atoms with Gasteiger partial charge in [0.2, 0.25) is 0 Å². The van der Waals surface area contributed by atoms with Crippen molar-refractivity contribution in [3.8, 4) is 5.82 Å². The van der Waals surface area contributed by atoms with Crippen LogP contribution in [0.4, 0.5) is 0 Å². The molecule has 31 heavy (non-hydrogen) atoms. The molecule has 0 atom stereocenters. The Kier molecular flexibility index (Phi) is 4.90. The third kappa shape index (κ3) is 3.27. The van der Waals surface area contributed by atoms with Crippen molar-refractivity contribution in [2.75, 3.05) is 5.75 Å². The van der Waals surface area contributed by atoms with E-state index in [9.17, 15) is 9.59 Å². The van der Waals surface area contributed by atoms with Crippen LogP contribution >= 0.6 is 23.1 Å². The smallest absolute Gasteiger partial charge is 0.262 e. The summed E-state index contributed by atoms with van der Waals surface area (Å²) in [4.78, 5) is 32.8. The van der Waals surface area contributed by atoms with Crippen LogP contribution in [-0.2, 0) is 19.9 Å². The standard InChI is InChI=1S/C22H22N4O3S2/c1-11-8-15(13(3)26(11)18-9-12(2)29-24-18)16(27)10-30-22-23-20-19(21(28)25(22)4)14-6-5-7-17(14)31-20/h8-9H,5-7,10H2,1-4H3. The predicted octanol–water partition coefficient (Wildman–Crippen LogP) is 4.16. The molecule has 160 valence electrons. The fraction of sp³-hybridized carbons (Fsp3) is 0.364. The lowest BCUT2D eigenvalue weighted by molar-refractivity contribution is 0.102. The molecule has 1 aliphatic rings. The zero-order valence-corrected chi connectivity index (χ0v) is 19.4. The van der Waals surface area contributed by atoms with Gasteiger partial charge >= 0.3 is 0 Å². The van der Waals surface area contributed by atoms with Crippen molar-refractivity contribution in [2.24, 2.45) is 7.05 Å². The molecule has 1 aliphatic carbocycles. The highest BCUT2D eigenvalue weighted by Gasteiger charge is 2.23. The lowest BCUT2D eigenvalue weighted by atomic mass is 10.2. The number of ketones is 1. The summed E-state index contributed by atoms with van der Waals surface area (Å²) < 4.78 is 8.68. The lowest BCUT2D eigenvalue weighted by Crippen LogP contribution is -2.20. The third-order valence-corrected chi connectivity index (χ3v) is 8.03. The molecule has 0 aliphatic heterocycles. The van der Waals surface area contributed by atoms with E-state index in [0.29, 0.717) is 22.3 Å². The minimum Gasteiger partial charge on any atom is -0.360 e. The fourth-order valence-electron chi connectivity index (χ4n) is 4.30. The van der Waals surface area contributed by atoms with E-state index in [1.54, 1.807) is 23.0 Å². The molecule has 0 unspecified atom stereocenters. The van der Waals surface area contributed by atoms with E-state index in [4.69, 9.17) is 9.51 Å². The average Bonchev–Trinajstić information content (AvgIpc) is 3.47. The third-order valence-electron chi connectivity index (χ3n) is 5.81. The Balaban J connectivity index is 1.42. The molecule has 0 amide bonds. The molecule has 0 radical (unpaired) electrons. The summed E-state index contributed by atoms with van der Waals surface area (Å²) in [5, 5.41) is 5.41. The molecule has 4 aromatic rings. The highest BCUT2D eigenvalue weighted by atomic mass is 32.2. The van der Waals surface area contributed by atoms with Gasteiger partial charge < -0.3 is 4.52 Å². The van der Waals surface area contributed by atoms with Crippen molar-refractivity contribution < 1.29 is 9.32 Å². The second-order valence-electron chi connectivity index (χ2n) is 7.92. The minimum atomic E-state index is -0.0149. The Morgan fingerprint density at radius 3 is 2.81 bits per heavy atom. The van der Waals surface area contributed by atoms with Gasteiger partial charge in [-0.25, -0.2) is 4.98 Å². The summed E-state index contributed by atoms with van der Waals surface area (Å²) >= 11 is 2.93. The number of aromatic nitrogens is 4. The first-order chi connectivity index (χ1) is 14.8. The number of carbonyl (C=O) groups excluding carboxylic acids is 1. The summed E-state index contributed by atoms with van der Waals surface area (Å²) in [5.41, 5.74) is 3.55. The van der Waals surface area contributed by atoms with Crippen LogP contribution in [0.1, 0.15) is 44.4 Å². The molecule has 7 nitrogen and oxygen atoms in total. The maximum Gasteiger partial charge on any atom is 0.262 e. The van der Waals surface area contributed by atoms with Gasteiger partial charge in [0.15, 0.2) is 16.8 Å². The number of aryl methyl sites for hydroxylation is 4. The summed E-state index contributed by atoms with van der Waals surface area (Å²) in [6, 6.07) is 3.72. The van der Waals surface area contributed by atoms with E-state index in [2.05, 4.69) is 5.16 Å². The number of Topliss-reactive ketones (excluding diaryl/α,β-unsaturated/α-hetero) is 1. The molecule has 0 bridgehead atoms. The molecule has 5 rings (SSSR count). The molecule has 0 saturated heterocycles. The van der Waals surface area contributed by atoms with Crippen LogP contribution in [-0.4, -0.2) is 30.8 Å². The second-order valence-corrected chi connectivity index (χ2v) is 9.95. The van der Waals surface area contributed by atoms with Crippen molar-refractivity contribution in [3.05, 3.63) is 55.6 Å². The largest absolute Gasteiger partial charge is 0.360 e. The van der Waals surface area contributed by atoms with Crippen LogP contribution < -0.4 is 5.56 Å². The summed E-state index contributed by atoms with van der Waals surface area (Å²) in [5.74, 6) is 1.58. The van der Waals surface area contributed by atoms with Crippen molar-refractivity contribution >= 4 is 39.1 Å². The first-order valence-corrected chi connectivity index (χ1v) is 11.9. The van der Waals surface area contributed by atoms with Gasteiger partial charge in [-0.05, 0) is 51.7 Å². The van der Waals surface area contributed by atoms with Gasteiger partial charge in [-0.15, -0.1) is 11.3 Å². The Morgan fingerprint density at radius 2 is 2.06 bits per heavy atom. The van der Waals surface area contributed by atoms with Crippen molar-refractivity contribution in [2.45, 2.75) is 45.2 Å². The van der Waals surface area contributed by atoms with Gasteiger partial charge in [-0.1, -0.05) is 16.9 Å². The van der Waals surface area contributed by atoms with Gasteiger partial charge in [0.25, 0.3) is 5.56 Å². The van der Waals surface area contributed by atoms with Crippen molar-refractivity contribution in [3.63, 3.8) is 0 Å². The number of fused-ring (bicyclic) bond motifs is 3. The monoisotopic (exact) mass is 454 g/mol. The molecule has 0 saturated carbocycles. The van der Waals surface area contributed by atoms with Crippen LogP contribution in [0.25, 0.3) is 16.0 Å². The Hall–Kier alpha value is -2.65. The average molecular weight is 455 g/mol. The topological polar surface area (TPSA) is 82.9 Å². The Labute approximate surface area is 187 Å². The number of thiophene rings is 1. The Morgan fingerprint density at radius 1 is 1.26 bits per heavy atom. The molecular weight excluding hydrogens is 432 g/mol. The quantitative estimate of drug-likeness (QED) is 0.256. The van der Waals surface area contributed by atoms with Crippen LogP contribution in [0.2, 0.25) is 0 Å². The summed E-state index contributed by atoms with van der Waals surface area (Å²) in [6.07, 6.45) is 3.09. The normalized spacial score (nSPS) is 13.3. The van der Waals surface area contributed by atoms with Gasteiger partial charge in [0.05, 0.1) is 11.1 Å². The summed E-state index contributed by atoms with van der Waals surface area (Å²) in [6.45, 7) is 5.68. The van der Waals surface area contributed by atoms with Crippen molar-refractivity contribution in [1.29, 1.82) is 0 Å². The molecule has 0 spiro atoms. The first-order valence-electron chi connectivity index (χ1n) is 10.1. The lowest BCUT2D eigenvalue weighted by Gasteiger charge is -2.08. The van der Waals surface area contributed by atoms with Crippen LogP contribution in [0.15, 0.2) is 26.6 Å². The predicted molar refractivity (Wildman–Crippen MR) is 122 cm³/mol. The minimum absolute atomic E-state index is 0.00686. The SMILES string of the molecule is Cc1cc(-n2c(C)cc(C(=O)CSc3nc4sc5c(c4c(=O)n3C)CCC5)c2C)no1. The highest BCUT2D eigenvalue weighted by molar-refractivity contribution is 7.99. The number of thioether (sulfide) groups is 1. The van der Waals surface area contributed by atoms with Crippen molar-refractivity contribution in [1.82, 2.24) is 19.3 Å². The van der Waals surface area contributed by atoms with Gasteiger partial charge in [0.1, 0.15) is 10.6 Å². The number of hydrogen-bond acceptors (Lipinski definition) is 7. The zero-order chi connectivity index (χ0) is 21.9. The summed E-state index contributed by atoms with van der Waals surface area (Å²) in [7, 11) is 1.74. The second kappa shape index (κ2) is 7.49. The maximum atomic E-state index is 13.0. The van der Waals surface area contributed by atoms with E-state index in [-0.39, 0.29) is 17.1 Å². The molecule has 4 heterocycles. The van der Waals surface area contributed by atoms with Crippen LogP contribution in [0.3, 0.4) is 0 Å². The van der Waals surface area contributed by atoms with Gasteiger partial charge in [-0.3, -0.25) is 18.7 Å². The maximum absolute atomic E-state index is 13.0. The molecule has 9 heteroatoms.